The zero-order chi connectivity index (χ0) is 15.2. The zero-order valence-electron chi connectivity index (χ0n) is 12.5. The molecule has 2 aromatic rings. The molecular weight excluding hydrogens is 274 g/mol. The fraction of sp³-hybridized carbons (Fsp3) is 0.333. The van der Waals surface area contributed by atoms with Gasteiger partial charge in [-0.2, -0.15) is 0 Å². The van der Waals surface area contributed by atoms with Crippen LogP contribution in [0.25, 0.3) is 0 Å². The van der Waals surface area contributed by atoms with E-state index in [4.69, 9.17) is 0 Å². The molecule has 1 aromatic heterocycles. The number of carbonyl (C=O) groups excluding carboxylic acids is 1. The molecule has 4 nitrogen and oxygen atoms in total. The average Bonchev–Trinajstić information content (AvgIpc) is 3.09. The number of amides is 1. The molecule has 3 rings (SSSR count). The minimum Gasteiger partial charge on any atom is -0.349 e. The smallest absolute Gasteiger partial charge is 0.223 e. The normalized spacial score (nSPS) is 18.8. The molecular formula is C18H21N3O. The fourth-order valence-electron chi connectivity index (χ4n) is 2.86. The van der Waals surface area contributed by atoms with Gasteiger partial charge in [0.1, 0.15) is 5.82 Å². The van der Waals surface area contributed by atoms with Crippen LogP contribution in [0.4, 0.5) is 0 Å². The summed E-state index contributed by atoms with van der Waals surface area (Å²) in [6.45, 7) is 0. The summed E-state index contributed by atoms with van der Waals surface area (Å²) in [4.78, 5) is 19.9. The second-order valence-electron chi connectivity index (χ2n) is 5.69. The number of carbonyl (C=O) groups is 1. The van der Waals surface area contributed by atoms with Crippen molar-refractivity contribution in [3.05, 3.63) is 66.3 Å². The van der Waals surface area contributed by atoms with Crippen molar-refractivity contribution in [2.24, 2.45) is 5.92 Å². The molecule has 22 heavy (non-hydrogen) atoms. The maximum atomic E-state index is 12.5. The van der Waals surface area contributed by atoms with Crippen molar-refractivity contribution in [2.45, 2.75) is 31.7 Å². The van der Waals surface area contributed by atoms with Gasteiger partial charge in [-0.05, 0) is 24.8 Å². The number of imidazole rings is 1. The Labute approximate surface area is 130 Å². The van der Waals surface area contributed by atoms with E-state index in [9.17, 15) is 4.79 Å². The highest BCUT2D eigenvalue weighted by Crippen LogP contribution is 2.22. The molecule has 0 aliphatic heterocycles. The van der Waals surface area contributed by atoms with Crippen LogP contribution in [0.1, 0.15) is 36.7 Å². The predicted octanol–water partition coefficient (Wildman–Crippen LogP) is 3.17. The first-order chi connectivity index (χ1) is 10.8. The van der Waals surface area contributed by atoms with Crippen LogP contribution in [0.5, 0.6) is 0 Å². The lowest BCUT2D eigenvalue weighted by Gasteiger charge is -2.23. The minimum atomic E-state index is -0.0502. The van der Waals surface area contributed by atoms with Gasteiger partial charge in [0.05, 0.1) is 6.04 Å². The highest BCUT2D eigenvalue weighted by molar-refractivity contribution is 5.79. The molecule has 114 valence electrons. The lowest BCUT2D eigenvalue weighted by molar-refractivity contribution is -0.126. The Balaban J connectivity index is 1.73. The Bertz CT molecular complexity index is 619. The van der Waals surface area contributed by atoms with Gasteiger partial charge in [0.2, 0.25) is 5.91 Å². The van der Waals surface area contributed by atoms with Gasteiger partial charge in [-0.1, -0.05) is 42.5 Å². The maximum absolute atomic E-state index is 12.5. The van der Waals surface area contributed by atoms with Gasteiger partial charge >= 0.3 is 0 Å². The largest absolute Gasteiger partial charge is 0.349 e. The van der Waals surface area contributed by atoms with Crippen LogP contribution in [0.2, 0.25) is 0 Å². The third-order valence-electron chi connectivity index (χ3n) is 4.11. The van der Waals surface area contributed by atoms with E-state index in [0.717, 1.165) is 30.7 Å². The minimum absolute atomic E-state index is 0.0502. The van der Waals surface area contributed by atoms with E-state index in [0.29, 0.717) is 6.42 Å². The highest BCUT2D eigenvalue weighted by Gasteiger charge is 2.23. The third kappa shape index (κ3) is 3.64. The number of aromatic nitrogens is 2. The van der Waals surface area contributed by atoms with E-state index in [1.807, 2.05) is 24.4 Å². The fourth-order valence-corrected chi connectivity index (χ4v) is 2.86. The van der Waals surface area contributed by atoms with Crippen molar-refractivity contribution in [1.29, 1.82) is 0 Å². The van der Waals surface area contributed by atoms with Crippen molar-refractivity contribution in [2.75, 3.05) is 0 Å². The second kappa shape index (κ2) is 7.07. The molecule has 1 heterocycles. The van der Waals surface area contributed by atoms with Crippen molar-refractivity contribution < 1.29 is 4.79 Å². The van der Waals surface area contributed by atoms with Crippen molar-refractivity contribution in [3.63, 3.8) is 0 Å². The summed E-state index contributed by atoms with van der Waals surface area (Å²) in [5, 5.41) is 3.21. The van der Waals surface area contributed by atoms with Gasteiger partial charge in [-0.25, -0.2) is 4.98 Å². The highest BCUT2D eigenvalue weighted by atomic mass is 16.1. The third-order valence-corrected chi connectivity index (χ3v) is 4.11. The average molecular weight is 295 g/mol. The molecule has 4 heteroatoms. The molecule has 0 bridgehead atoms. The Morgan fingerprint density at radius 2 is 2.18 bits per heavy atom. The summed E-state index contributed by atoms with van der Waals surface area (Å²) < 4.78 is 0. The molecule has 0 radical (unpaired) electrons. The summed E-state index contributed by atoms with van der Waals surface area (Å²) in [6.07, 6.45) is 11.3. The number of allylic oxidation sites excluding steroid dienone is 2. The first-order valence-electron chi connectivity index (χ1n) is 7.81. The van der Waals surface area contributed by atoms with Crippen LogP contribution in [0.15, 0.2) is 54.9 Å². The predicted molar refractivity (Wildman–Crippen MR) is 86.1 cm³/mol. The number of nitrogens with zero attached hydrogens (tertiary/aromatic N) is 1. The van der Waals surface area contributed by atoms with Gasteiger partial charge < -0.3 is 10.3 Å². The number of H-pyrrole nitrogens is 1. The van der Waals surface area contributed by atoms with Gasteiger partial charge in [0.25, 0.3) is 0 Å². The van der Waals surface area contributed by atoms with E-state index >= 15 is 0 Å². The van der Waals surface area contributed by atoms with Crippen molar-refractivity contribution in [3.8, 4) is 0 Å². The van der Waals surface area contributed by atoms with Crippen LogP contribution < -0.4 is 5.32 Å². The Hall–Kier alpha value is -2.36. The molecule has 0 fully saturated rings. The first kappa shape index (κ1) is 14.6. The number of aromatic amines is 1. The van der Waals surface area contributed by atoms with Gasteiger partial charge in [0.15, 0.2) is 0 Å². The number of hydrogen-bond acceptors (Lipinski definition) is 2. The second-order valence-corrected chi connectivity index (χ2v) is 5.69. The summed E-state index contributed by atoms with van der Waals surface area (Å²) in [6, 6.07) is 10.0. The number of nitrogens with one attached hydrogen (secondary N) is 2. The van der Waals surface area contributed by atoms with Crippen LogP contribution in [0.3, 0.4) is 0 Å². The molecule has 1 aliphatic carbocycles. The Kier molecular flexibility index (Phi) is 4.68. The first-order valence-corrected chi connectivity index (χ1v) is 7.81. The molecule has 0 saturated heterocycles. The summed E-state index contributed by atoms with van der Waals surface area (Å²) in [5.41, 5.74) is 1.11. The quantitative estimate of drug-likeness (QED) is 0.832. The van der Waals surface area contributed by atoms with E-state index in [-0.39, 0.29) is 17.9 Å². The van der Waals surface area contributed by atoms with Crippen LogP contribution in [0, 0.1) is 5.92 Å². The summed E-state index contributed by atoms with van der Waals surface area (Å²) in [7, 11) is 0. The lowest BCUT2D eigenvalue weighted by Crippen LogP contribution is -2.35. The van der Waals surface area contributed by atoms with Gasteiger partial charge in [0, 0.05) is 24.7 Å². The van der Waals surface area contributed by atoms with E-state index < -0.39 is 0 Å². The van der Waals surface area contributed by atoms with Crippen LogP contribution in [-0.2, 0) is 11.2 Å². The van der Waals surface area contributed by atoms with Gasteiger partial charge in [-0.3, -0.25) is 4.79 Å². The maximum Gasteiger partial charge on any atom is 0.223 e. The lowest BCUT2D eigenvalue weighted by atomic mass is 9.92. The number of benzene rings is 1. The van der Waals surface area contributed by atoms with Crippen LogP contribution in [-0.4, -0.2) is 15.9 Å². The van der Waals surface area contributed by atoms with Crippen molar-refractivity contribution in [1.82, 2.24) is 15.3 Å². The summed E-state index contributed by atoms with van der Waals surface area (Å²) >= 11 is 0. The SMILES string of the molecule is O=C(N[C@H](Cc1ncc[nH]1)c1ccccc1)[C@@H]1CC=CCC1. The van der Waals surface area contributed by atoms with E-state index in [1.165, 1.54) is 0 Å². The Morgan fingerprint density at radius 1 is 1.32 bits per heavy atom. The molecule has 0 unspecified atom stereocenters. The van der Waals surface area contributed by atoms with E-state index in [1.54, 1.807) is 6.20 Å². The molecule has 1 amide bonds. The Morgan fingerprint density at radius 3 is 2.86 bits per heavy atom. The van der Waals surface area contributed by atoms with Crippen LogP contribution >= 0.6 is 0 Å². The van der Waals surface area contributed by atoms with Crippen molar-refractivity contribution >= 4 is 5.91 Å². The summed E-state index contributed by atoms with van der Waals surface area (Å²) in [5.74, 6) is 1.12. The molecule has 0 spiro atoms. The standard InChI is InChI=1S/C18H21N3O/c22-18(15-9-5-2-6-10-15)21-16(13-17-19-11-12-20-17)14-7-3-1-4-8-14/h1-5,7-8,11-12,15-16H,6,9-10,13H2,(H,19,20)(H,21,22)/t15-,16-/m1/s1. The molecule has 1 aliphatic rings. The van der Waals surface area contributed by atoms with E-state index in [2.05, 4.69) is 39.6 Å². The monoisotopic (exact) mass is 295 g/mol. The topological polar surface area (TPSA) is 57.8 Å². The number of rotatable bonds is 5. The molecule has 2 N–H and O–H groups in total. The molecule has 2 atom stereocenters. The number of hydrogen-bond donors (Lipinski definition) is 2. The molecule has 1 aromatic carbocycles. The zero-order valence-corrected chi connectivity index (χ0v) is 12.5. The van der Waals surface area contributed by atoms with Gasteiger partial charge in [-0.15, -0.1) is 0 Å². The molecule has 0 saturated carbocycles.